The molecule has 0 radical (unpaired) electrons. The van der Waals surface area contributed by atoms with E-state index in [0.29, 0.717) is 5.69 Å². The van der Waals surface area contributed by atoms with Crippen molar-refractivity contribution in [2.45, 2.75) is 26.2 Å². The van der Waals surface area contributed by atoms with Crippen molar-refractivity contribution in [1.29, 1.82) is 0 Å². The highest BCUT2D eigenvalue weighted by Gasteiger charge is 2.18. The summed E-state index contributed by atoms with van der Waals surface area (Å²) in [7, 11) is -5.07. The second-order valence-electron chi connectivity index (χ2n) is 5.37. The Kier molecular flexibility index (Phi) is 3.56. The Labute approximate surface area is 117 Å². The van der Waals surface area contributed by atoms with Gasteiger partial charge in [-0.15, -0.1) is 0 Å². The minimum Gasteiger partial charge on any atom is -0.356 e. The topological polar surface area (TPSA) is 61.2 Å². The maximum atomic E-state index is 12.7. The van der Waals surface area contributed by atoms with Crippen LogP contribution in [0.5, 0.6) is 5.75 Å². The highest BCUT2D eigenvalue weighted by Crippen LogP contribution is 2.27. The summed E-state index contributed by atoms with van der Waals surface area (Å²) in [6, 6.07) is 6.20. The molecule has 1 aromatic heterocycles. The highest BCUT2D eigenvalue weighted by atomic mass is 32.3. The molecule has 0 aliphatic rings. The van der Waals surface area contributed by atoms with Crippen LogP contribution in [0.2, 0.25) is 0 Å². The summed E-state index contributed by atoms with van der Waals surface area (Å²) in [4.78, 5) is 0. The van der Waals surface area contributed by atoms with Crippen LogP contribution in [-0.2, 0) is 15.9 Å². The number of hydrogen-bond donors (Lipinski definition) is 0. The van der Waals surface area contributed by atoms with Gasteiger partial charge in [0.2, 0.25) is 0 Å². The molecule has 0 N–H and O–H groups in total. The number of para-hydroxylation sites is 2. The second kappa shape index (κ2) is 4.90. The van der Waals surface area contributed by atoms with Gasteiger partial charge >= 0.3 is 10.5 Å². The van der Waals surface area contributed by atoms with Gasteiger partial charge < -0.3 is 4.18 Å². The Hall–Kier alpha value is -1.89. The van der Waals surface area contributed by atoms with Crippen LogP contribution in [-0.4, -0.2) is 18.2 Å². The normalized spacial score (nSPS) is 12.4. The summed E-state index contributed by atoms with van der Waals surface area (Å²) in [6.07, 6.45) is 3.44. The molecule has 0 fully saturated rings. The smallest absolute Gasteiger partial charge is 0.356 e. The first-order valence-electron chi connectivity index (χ1n) is 5.95. The summed E-state index contributed by atoms with van der Waals surface area (Å²) in [5.41, 5.74) is 1.22. The predicted octanol–water partition coefficient (Wildman–Crippen LogP) is 2.76. The standard InChI is InChI=1S/C13H15FN2O3S/c1-13(2,3)10-8-15-16(9-10)11-6-4-5-7-12(11)19-20(14,17)18/h4-9H,1-3H3. The fourth-order valence-electron chi connectivity index (χ4n) is 1.67. The van der Waals surface area contributed by atoms with Crippen LogP contribution in [0.15, 0.2) is 36.7 Å². The molecule has 2 aromatic rings. The molecule has 0 bridgehead atoms. The van der Waals surface area contributed by atoms with Gasteiger partial charge in [0.05, 0.1) is 6.20 Å². The summed E-state index contributed by atoms with van der Waals surface area (Å²) in [5.74, 6) is -0.112. The van der Waals surface area contributed by atoms with Crippen LogP contribution < -0.4 is 4.18 Å². The number of rotatable bonds is 3. The number of aromatic nitrogens is 2. The molecule has 7 heteroatoms. The maximum Gasteiger partial charge on any atom is 0.488 e. The van der Waals surface area contributed by atoms with E-state index in [1.165, 1.54) is 10.7 Å². The van der Waals surface area contributed by atoms with Gasteiger partial charge in [-0.05, 0) is 23.1 Å². The van der Waals surface area contributed by atoms with E-state index < -0.39 is 10.5 Å². The Balaban J connectivity index is 2.46. The average Bonchev–Trinajstić information content (AvgIpc) is 2.76. The number of benzene rings is 1. The van der Waals surface area contributed by atoms with Crippen molar-refractivity contribution in [3.8, 4) is 11.4 Å². The number of nitrogens with zero attached hydrogens (tertiary/aromatic N) is 2. The molecule has 0 spiro atoms. The van der Waals surface area contributed by atoms with E-state index in [4.69, 9.17) is 0 Å². The Morgan fingerprint density at radius 1 is 1.25 bits per heavy atom. The number of halogens is 1. The largest absolute Gasteiger partial charge is 0.488 e. The Morgan fingerprint density at radius 3 is 2.45 bits per heavy atom. The average molecular weight is 298 g/mol. The van der Waals surface area contributed by atoms with Gasteiger partial charge in [0.15, 0.2) is 5.75 Å². The van der Waals surface area contributed by atoms with Gasteiger partial charge in [-0.25, -0.2) is 4.68 Å². The Morgan fingerprint density at radius 2 is 1.90 bits per heavy atom. The molecule has 108 valence electrons. The van der Waals surface area contributed by atoms with Crippen molar-refractivity contribution in [2.24, 2.45) is 0 Å². The monoisotopic (exact) mass is 298 g/mol. The van der Waals surface area contributed by atoms with Gasteiger partial charge in [0.25, 0.3) is 0 Å². The SMILES string of the molecule is CC(C)(C)c1cnn(-c2ccccc2OS(=O)(=O)F)c1. The molecule has 0 atom stereocenters. The molecule has 0 saturated carbocycles. The van der Waals surface area contributed by atoms with Gasteiger partial charge in [-0.3, -0.25) is 0 Å². The van der Waals surface area contributed by atoms with Gasteiger partial charge in [-0.2, -0.15) is 13.5 Å². The van der Waals surface area contributed by atoms with E-state index in [1.54, 1.807) is 30.6 Å². The fraction of sp³-hybridized carbons (Fsp3) is 0.308. The molecule has 1 aromatic carbocycles. The van der Waals surface area contributed by atoms with Crippen LogP contribution in [0.25, 0.3) is 5.69 Å². The highest BCUT2D eigenvalue weighted by molar-refractivity contribution is 7.81. The summed E-state index contributed by atoms with van der Waals surface area (Å²) in [6.45, 7) is 6.09. The minimum atomic E-state index is -5.07. The van der Waals surface area contributed by atoms with Crippen LogP contribution in [0.1, 0.15) is 26.3 Å². The van der Waals surface area contributed by atoms with E-state index >= 15 is 0 Å². The minimum absolute atomic E-state index is 0.0970. The zero-order valence-corrected chi connectivity index (χ0v) is 12.2. The van der Waals surface area contributed by atoms with E-state index in [1.807, 2.05) is 20.8 Å². The van der Waals surface area contributed by atoms with Crippen molar-refractivity contribution < 1.29 is 16.5 Å². The quantitative estimate of drug-likeness (QED) is 0.817. The first-order chi connectivity index (χ1) is 9.17. The van der Waals surface area contributed by atoms with Crippen molar-refractivity contribution in [1.82, 2.24) is 9.78 Å². The van der Waals surface area contributed by atoms with Crippen molar-refractivity contribution >= 4 is 10.5 Å². The number of hydrogen-bond acceptors (Lipinski definition) is 4. The molecule has 0 saturated heterocycles. The molecular formula is C13H15FN2O3S. The third-order valence-electron chi connectivity index (χ3n) is 2.75. The van der Waals surface area contributed by atoms with Gasteiger partial charge in [0.1, 0.15) is 5.69 Å². The Bertz CT molecular complexity index is 717. The zero-order valence-electron chi connectivity index (χ0n) is 11.4. The predicted molar refractivity (Wildman–Crippen MR) is 72.9 cm³/mol. The zero-order chi connectivity index (χ0) is 15.0. The van der Waals surface area contributed by atoms with E-state index in [0.717, 1.165) is 5.56 Å². The van der Waals surface area contributed by atoms with Gasteiger partial charge in [0, 0.05) is 6.20 Å². The lowest BCUT2D eigenvalue weighted by molar-refractivity contribution is 0.438. The van der Waals surface area contributed by atoms with E-state index in [9.17, 15) is 12.3 Å². The van der Waals surface area contributed by atoms with Crippen LogP contribution in [0.3, 0.4) is 0 Å². The summed E-state index contributed by atoms with van der Waals surface area (Å²) in [5, 5.41) is 4.16. The van der Waals surface area contributed by atoms with Crippen molar-refractivity contribution in [3.05, 3.63) is 42.2 Å². The second-order valence-corrected chi connectivity index (χ2v) is 6.32. The molecular weight excluding hydrogens is 283 g/mol. The molecule has 0 aliphatic carbocycles. The fourth-order valence-corrected chi connectivity index (χ4v) is 2.02. The van der Waals surface area contributed by atoms with Crippen LogP contribution in [0.4, 0.5) is 3.89 Å². The van der Waals surface area contributed by atoms with Crippen LogP contribution >= 0.6 is 0 Å². The van der Waals surface area contributed by atoms with E-state index in [-0.39, 0.29) is 11.2 Å². The lowest BCUT2D eigenvalue weighted by Crippen LogP contribution is -2.09. The van der Waals surface area contributed by atoms with E-state index in [2.05, 4.69) is 9.28 Å². The molecule has 0 aliphatic heterocycles. The third kappa shape index (κ3) is 3.36. The van der Waals surface area contributed by atoms with Crippen molar-refractivity contribution in [2.75, 3.05) is 0 Å². The third-order valence-corrected chi connectivity index (χ3v) is 3.13. The molecule has 20 heavy (non-hydrogen) atoms. The summed E-state index contributed by atoms with van der Waals surface area (Å²) < 4.78 is 39.7. The first-order valence-corrected chi connectivity index (χ1v) is 7.26. The summed E-state index contributed by atoms with van der Waals surface area (Å²) >= 11 is 0. The van der Waals surface area contributed by atoms with Gasteiger partial charge in [-0.1, -0.05) is 36.8 Å². The molecule has 1 heterocycles. The molecule has 0 unspecified atom stereocenters. The maximum absolute atomic E-state index is 12.7. The molecule has 0 amide bonds. The lowest BCUT2D eigenvalue weighted by atomic mass is 9.90. The lowest BCUT2D eigenvalue weighted by Gasteiger charge is -2.15. The van der Waals surface area contributed by atoms with Crippen LogP contribution in [0, 0.1) is 0 Å². The molecule has 5 nitrogen and oxygen atoms in total. The van der Waals surface area contributed by atoms with Crippen molar-refractivity contribution in [3.63, 3.8) is 0 Å². The first kappa shape index (κ1) is 14.5. The molecule has 2 rings (SSSR count).